The highest BCUT2D eigenvalue weighted by Gasteiger charge is 2.13. The van der Waals surface area contributed by atoms with Crippen LogP contribution in [0.4, 0.5) is 0 Å². The van der Waals surface area contributed by atoms with Gasteiger partial charge in [-0.2, -0.15) is 0 Å². The van der Waals surface area contributed by atoms with Gasteiger partial charge in [-0.15, -0.1) is 0 Å². The lowest BCUT2D eigenvalue weighted by molar-refractivity contribution is 0.267. The van der Waals surface area contributed by atoms with E-state index in [2.05, 4.69) is 34.2 Å². The normalized spacial score (nSPS) is 10.9. The number of rotatable bonds is 13. The van der Waals surface area contributed by atoms with E-state index in [0.29, 0.717) is 29.0 Å². The van der Waals surface area contributed by atoms with Crippen molar-refractivity contribution in [2.45, 2.75) is 59.1 Å². The highest BCUT2D eigenvalue weighted by Crippen LogP contribution is 2.38. The van der Waals surface area contributed by atoms with E-state index in [1.165, 1.54) is 32.1 Å². The molecule has 29 heavy (non-hydrogen) atoms. The Balaban J connectivity index is 1.97. The number of ether oxygens (including phenoxy) is 2. The Labute approximate surface area is 193 Å². The average molecular weight is 503 g/mol. The third kappa shape index (κ3) is 8.37. The van der Waals surface area contributed by atoms with Crippen LogP contribution in [0.25, 0.3) is 0 Å². The van der Waals surface area contributed by atoms with Gasteiger partial charge in [0.05, 0.1) is 11.1 Å². The van der Waals surface area contributed by atoms with Crippen molar-refractivity contribution in [1.29, 1.82) is 0 Å². The van der Waals surface area contributed by atoms with Gasteiger partial charge >= 0.3 is 0 Å². The minimum Gasteiger partial charge on any atom is -0.490 e. The lowest BCUT2D eigenvalue weighted by atomic mass is 10.1. The summed E-state index contributed by atoms with van der Waals surface area (Å²) >= 11 is 15.9. The fourth-order valence-electron chi connectivity index (χ4n) is 3.00. The van der Waals surface area contributed by atoms with E-state index in [0.717, 1.165) is 34.4 Å². The molecule has 0 heterocycles. The van der Waals surface area contributed by atoms with Gasteiger partial charge in [-0.1, -0.05) is 61.9 Å². The van der Waals surface area contributed by atoms with Crippen LogP contribution in [0.3, 0.4) is 0 Å². The van der Waals surface area contributed by atoms with Crippen molar-refractivity contribution in [3.8, 4) is 11.5 Å². The van der Waals surface area contributed by atoms with E-state index in [4.69, 9.17) is 32.7 Å². The fraction of sp³-hybridized carbons (Fsp3) is 0.478. The molecule has 1 N–H and O–H groups in total. The van der Waals surface area contributed by atoms with Crippen LogP contribution in [0.1, 0.15) is 57.1 Å². The second kappa shape index (κ2) is 13.4. The van der Waals surface area contributed by atoms with E-state index in [1.807, 2.05) is 25.1 Å². The predicted molar refractivity (Wildman–Crippen MR) is 127 cm³/mol. The molecule has 0 aromatic heterocycles. The summed E-state index contributed by atoms with van der Waals surface area (Å²) in [5.41, 5.74) is 2.03. The summed E-state index contributed by atoms with van der Waals surface area (Å²) in [6.07, 6.45) is 6.42. The van der Waals surface area contributed by atoms with E-state index in [-0.39, 0.29) is 0 Å². The monoisotopic (exact) mass is 501 g/mol. The number of nitrogens with one attached hydrogen (secondary N) is 1. The van der Waals surface area contributed by atoms with Crippen molar-refractivity contribution in [2.24, 2.45) is 0 Å². The average Bonchev–Trinajstić information content (AvgIpc) is 2.68. The molecule has 0 aliphatic carbocycles. The molecule has 0 atom stereocenters. The molecule has 0 bridgehead atoms. The quantitative estimate of drug-likeness (QED) is 0.283. The number of hydrogen-bond acceptors (Lipinski definition) is 3. The van der Waals surface area contributed by atoms with Gasteiger partial charge in [0.1, 0.15) is 6.61 Å². The van der Waals surface area contributed by atoms with Crippen LogP contribution in [0.15, 0.2) is 34.8 Å². The van der Waals surface area contributed by atoms with Crippen LogP contribution in [-0.4, -0.2) is 13.2 Å². The Morgan fingerprint density at radius 1 is 0.966 bits per heavy atom. The first kappa shape index (κ1) is 24.3. The van der Waals surface area contributed by atoms with Gasteiger partial charge in [0.15, 0.2) is 11.5 Å². The van der Waals surface area contributed by atoms with Crippen molar-refractivity contribution >= 4 is 39.1 Å². The van der Waals surface area contributed by atoms with Crippen molar-refractivity contribution in [3.63, 3.8) is 0 Å². The topological polar surface area (TPSA) is 30.5 Å². The highest BCUT2D eigenvalue weighted by molar-refractivity contribution is 9.10. The third-order valence-corrected chi connectivity index (χ3v) is 5.72. The maximum atomic E-state index is 6.26. The molecule has 0 saturated carbocycles. The van der Waals surface area contributed by atoms with Crippen molar-refractivity contribution < 1.29 is 9.47 Å². The van der Waals surface area contributed by atoms with Crippen molar-refractivity contribution in [2.75, 3.05) is 13.2 Å². The first-order chi connectivity index (χ1) is 14.0. The van der Waals surface area contributed by atoms with Crippen LogP contribution in [-0.2, 0) is 13.2 Å². The zero-order chi connectivity index (χ0) is 21.1. The summed E-state index contributed by atoms with van der Waals surface area (Å²) < 4.78 is 12.7. The zero-order valence-electron chi connectivity index (χ0n) is 17.2. The van der Waals surface area contributed by atoms with Crippen LogP contribution in [0.2, 0.25) is 10.0 Å². The van der Waals surface area contributed by atoms with Crippen LogP contribution >= 0.6 is 39.1 Å². The van der Waals surface area contributed by atoms with Gasteiger partial charge in [0, 0.05) is 22.2 Å². The predicted octanol–water partition coefficient (Wildman–Crippen LogP) is 7.79. The Morgan fingerprint density at radius 3 is 2.48 bits per heavy atom. The minimum absolute atomic E-state index is 0.337. The van der Waals surface area contributed by atoms with Crippen molar-refractivity contribution in [1.82, 2.24) is 5.32 Å². The Kier molecular flexibility index (Phi) is 11.2. The molecule has 0 aliphatic rings. The van der Waals surface area contributed by atoms with Gasteiger partial charge in [0.25, 0.3) is 0 Å². The molecule has 2 aromatic rings. The zero-order valence-corrected chi connectivity index (χ0v) is 20.3. The Hall–Kier alpha value is -0.940. The van der Waals surface area contributed by atoms with E-state index >= 15 is 0 Å². The summed E-state index contributed by atoms with van der Waals surface area (Å²) in [7, 11) is 0. The standard InChI is InChI=1S/C23H30BrCl2NO2/c1-3-5-6-7-8-11-27-15-17-12-20(24)23(22(13-17)28-4-2)29-16-18-9-10-19(25)14-21(18)26/h9-10,12-14,27H,3-8,11,15-16H2,1-2H3. The molecule has 0 fully saturated rings. The SMILES string of the molecule is CCCCCCCNCc1cc(Br)c(OCc2ccc(Cl)cc2Cl)c(OCC)c1. The number of halogens is 3. The second-order valence-corrected chi connectivity index (χ2v) is 8.65. The molecule has 160 valence electrons. The molecule has 2 aromatic carbocycles. The first-order valence-electron chi connectivity index (χ1n) is 10.3. The second-order valence-electron chi connectivity index (χ2n) is 6.95. The smallest absolute Gasteiger partial charge is 0.175 e. The van der Waals surface area contributed by atoms with Crippen LogP contribution < -0.4 is 14.8 Å². The van der Waals surface area contributed by atoms with E-state index in [9.17, 15) is 0 Å². The minimum atomic E-state index is 0.337. The van der Waals surface area contributed by atoms with Gasteiger partial charge in [-0.05, 0) is 65.6 Å². The molecule has 0 saturated heterocycles. The lowest BCUT2D eigenvalue weighted by Gasteiger charge is -2.16. The molecule has 0 aliphatic heterocycles. The van der Waals surface area contributed by atoms with Crippen LogP contribution in [0, 0.1) is 0 Å². The van der Waals surface area contributed by atoms with Gasteiger partial charge in [0.2, 0.25) is 0 Å². The van der Waals surface area contributed by atoms with E-state index < -0.39 is 0 Å². The largest absolute Gasteiger partial charge is 0.490 e. The molecule has 3 nitrogen and oxygen atoms in total. The molecule has 0 radical (unpaired) electrons. The summed E-state index contributed by atoms with van der Waals surface area (Å²) in [5.74, 6) is 1.41. The molecular formula is C23H30BrCl2NO2. The summed E-state index contributed by atoms with van der Waals surface area (Å²) in [6.45, 7) is 6.94. The summed E-state index contributed by atoms with van der Waals surface area (Å²) in [4.78, 5) is 0. The Morgan fingerprint density at radius 2 is 1.76 bits per heavy atom. The Bertz CT molecular complexity index is 771. The maximum Gasteiger partial charge on any atom is 0.175 e. The van der Waals surface area contributed by atoms with Gasteiger partial charge in [-0.25, -0.2) is 0 Å². The van der Waals surface area contributed by atoms with Gasteiger partial charge in [-0.3, -0.25) is 0 Å². The summed E-state index contributed by atoms with van der Waals surface area (Å²) in [5, 5.41) is 4.72. The van der Waals surface area contributed by atoms with Crippen LogP contribution in [0.5, 0.6) is 11.5 Å². The summed E-state index contributed by atoms with van der Waals surface area (Å²) in [6, 6.07) is 9.51. The number of unbranched alkanes of at least 4 members (excludes halogenated alkanes) is 4. The lowest BCUT2D eigenvalue weighted by Crippen LogP contribution is -2.15. The molecular weight excluding hydrogens is 473 g/mol. The number of hydrogen-bond donors (Lipinski definition) is 1. The van der Waals surface area contributed by atoms with Crippen molar-refractivity contribution in [3.05, 3.63) is 56.0 Å². The third-order valence-electron chi connectivity index (χ3n) is 4.54. The number of benzene rings is 2. The van der Waals surface area contributed by atoms with E-state index in [1.54, 1.807) is 6.07 Å². The molecule has 0 spiro atoms. The molecule has 0 amide bonds. The fourth-order valence-corrected chi connectivity index (χ4v) is 4.07. The molecule has 2 rings (SSSR count). The highest BCUT2D eigenvalue weighted by atomic mass is 79.9. The maximum absolute atomic E-state index is 6.26. The first-order valence-corrected chi connectivity index (χ1v) is 11.8. The van der Waals surface area contributed by atoms with Gasteiger partial charge < -0.3 is 14.8 Å². The molecule has 6 heteroatoms. The molecule has 0 unspecified atom stereocenters.